The van der Waals surface area contributed by atoms with Gasteiger partial charge in [0.2, 0.25) is 0 Å². The molecule has 0 amide bonds. The van der Waals surface area contributed by atoms with Gasteiger partial charge in [-0.1, -0.05) is 0 Å². The molecule has 36 heavy (non-hydrogen) atoms. The number of aliphatic hydroxyl groups is 1. The van der Waals surface area contributed by atoms with Crippen LogP contribution >= 0.6 is 15.6 Å². The van der Waals surface area contributed by atoms with Gasteiger partial charge < -0.3 is 33.8 Å². The molecule has 17 nitrogen and oxygen atoms in total. The van der Waals surface area contributed by atoms with E-state index in [4.69, 9.17) is 9.47 Å². The van der Waals surface area contributed by atoms with Gasteiger partial charge in [0.25, 0.3) is 0 Å². The molecule has 19 heteroatoms. The maximum Gasteiger partial charge on any atom is 0.472 e. The summed E-state index contributed by atoms with van der Waals surface area (Å²) in [6.07, 6.45) is -4.16. The molecule has 0 saturated carbocycles. The maximum atomic E-state index is 11.9. The van der Waals surface area contributed by atoms with Crippen LogP contribution in [0.1, 0.15) is 27.7 Å². The van der Waals surface area contributed by atoms with Crippen LogP contribution in [-0.2, 0) is 65.4 Å². The fraction of sp³-hybridized carbons (Fsp3) is 0.765. The zero-order valence-corrected chi connectivity index (χ0v) is 21.7. The van der Waals surface area contributed by atoms with E-state index in [1.807, 2.05) is 0 Å². The Morgan fingerprint density at radius 2 is 0.889 bits per heavy atom. The summed E-state index contributed by atoms with van der Waals surface area (Å²) in [5, 5.41) is 9.78. The summed E-state index contributed by atoms with van der Waals surface area (Å²) in [5.41, 5.74) is 0. The van der Waals surface area contributed by atoms with Crippen LogP contribution in [0.15, 0.2) is 0 Å². The van der Waals surface area contributed by atoms with Crippen molar-refractivity contribution in [2.75, 3.05) is 39.6 Å². The maximum absolute atomic E-state index is 11.9. The molecule has 0 aliphatic rings. The van der Waals surface area contributed by atoms with Crippen molar-refractivity contribution in [3.63, 3.8) is 0 Å². The SMILES string of the molecule is CC(=O)OC[C@H](COP(=O)(O)OCC(O)COP(=O)(O)OC[C@@H](COC(C)=O)OC(C)=O)OC(C)=O. The van der Waals surface area contributed by atoms with Crippen LogP contribution in [0.25, 0.3) is 0 Å². The van der Waals surface area contributed by atoms with Crippen molar-refractivity contribution in [3.8, 4) is 0 Å². The largest absolute Gasteiger partial charge is 0.472 e. The highest BCUT2D eigenvalue weighted by atomic mass is 31.2. The predicted octanol–water partition coefficient (Wildman–Crippen LogP) is -0.396. The molecule has 0 heterocycles. The molecule has 0 aliphatic carbocycles. The number of ether oxygens (including phenoxy) is 4. The molecule has 0 bridgehead atoms. The van der Waals surface area contributed by atoms with Crippen LogP contribution in [0.2, 0.25) is 0 Å². The monoisotopic (exact) mass is 568 g/mol. The smallest absolute Gasteiger partial charge is 0.462 e. The third kappa shape index (κ3) is 19.3. The number of phosphoric acid groups is 2. The Balaban J connectivity index is 4.58. The van der Waals surface area contributed by atoms with E-state index in [2.05, 4.69) is 27.6 Å². The minimum atomic E-state index is -4.81. The van der Waals surface area contributed by atoms with E-state index < -0.39 is 97.5 Å². The molecule has 0 saturated heterocycles. The molecule has 0 aliphatic heterocycles. The number of aliphatic hydroxyl groups excluding tert-OH is 1. The number of carbonyl (C=O) groups is 4. The van der Waals surface area contributed by atoms with E-state index in [0.717, 1.165) is 27.7 Å². The van der Waals surface area contributed by atoms with Crippen molar-refractivity contribution in [1.82, 2.24) is 0 Å². The number of esters is 4. The summed E-state index contributed by atoms with van der Waals surface area (Å²) in [6.45, 7) is 0.134. The average molecular weight is 568 g/mol. The Labute approximate surface area is 206 Å². The zero-order chi connectivity index (χ0) is 27.9. The van der Waals surface area contributed by atoms with E-state index in [-0.39, 0.29) is 0 Å². The van der Waals surface area contributed by atoms with E-state index in [1.165, 1.54) is 0 Å². The zero-order valence-electron chi connectivity index (χ0n) is 19.9. The first-order chi connectivity index (χ1) is 16.5. The molecule has 210 valence electrons. The van der Waals surface area contributed by atoms with Gasteiger partial charge in [-0.05, 0) is 0 Å². The lowest BCUT2D eigenvalue weighted by molar-refractivity contribution is -0.158. The average Bonchev–Trinajstić information content (AvgIpc) is 2.74. The quantitative estimate of drug-likeness (QED) is 0.108. The molecule has 0 rings (SSSR count). The van der Waals surface area contributed by atoms with E-state index in [1.54, 1.807) is 0 Å². The van der Waals surface area contributed by atoms with Crippen molar-refractivity contribution < 1.29 is 80.2 Å². The van der Waals surface area contributed by atoms with E-state index in [0.29, 0.717) is 0 Å². The van der Waals surface area contributed by atoms with Gasteiger partial charge in [-0.25, -0.2) is 9.13 Å². The standard InChI is InChI=1S/C17H30O17P2/c1-11(18)27-7-16(33-13(3)20)9-31-35(23,24)29-5-15(22)6-30-36(25,26)32-10-17(34-14(4)21)8-28-12(2)19/h15-17,22H,5-10H2,1-4H3,(H,23,24)(H,25,26)/t16-,17-/m1/s1. The highest BCUT2D eigenvalue weighted by Crippen LogP contribution is 2.45. The molecule has 3 N–H and O–H groups in total. The molecular weight excluding hydrogens is 538 g/mol. The first kappa shape index (κ1) is 34.1. The van der Waals surface area contributed by atoms with Gasteiger partial charge in [0.15, 0.2) is 12.2 Å². The highest BCUT2D eigenvalue weighted by molar-refractivity contribution is 7.47. The summed E-state index contributed by atoms with van der Waals surface area (Å²) in [4.78, 5) is 63.2. The van der Waals surface area contributed by atoms with Crippen LogP contribution in [0.5, 0.6) is 0 Å². The van der Waals surface area contributed by atoms with Crippen molar-refractivity contribution in [1.29, 1.82) is 0 Å². The Morgan fingerprint density at radius 1 is 0.583 bits per heavy atom. The molecule has 0 fully saturated rings. The van der Waals surface area contributed by atoms with Crippen LogP contribution in [0, 0.1) is 0 Å². The molecule has 0 aromatic heterocycles. The second-order valence-corrected chi connectivity index (χ2v) is 9.75. The van der Waals surface area contributed by atoms with Gasteiger partial charge in [-0.3, -0.25) is 37.3 Å². The number of phosphoric ester groups is 2. The van der Waals surface area contributed by atoms with Crippen molar-refractivity contribution in [2.45, 2.75) is 46.0 Å². The number of hydrogen-bond acceptors (Lipinski definition) is 15. The first-order valence-corrected chi connectivity index (χ1v) is 13.0. The topological polar surface area (TPSA) is 237 Å². The third-order valence-corrected chi connectivity index (χ3v) is 5.22. The van der Waals surface area contributed by atoms with Gasteiger partial charge in [0.1, 0.15) is 19.3 Å². The van der Waals surface area contributed by atoms with Crippen LogP contribution in [-0.4, -0.2) is 96.7 Å². The Bertz CT molecular complexity index is 764. The normalized spacial score (nSPS) is 17.0. The second kappa shape index (κ2) is 16.7. The lowest BCUT2D eigenvalue weighted by Gasteiger charge is -2.20. The van der Waals surface area contributed by atoms with Gasteiger partial charge >= 0.3 is 39.5 Å². The minimum Gasteiger partial charge on any atom is -0.462 e. The number of carbonyl (C=O) groups excluding carboxylic acids is 4. The van der Waals surface area contributed by atoms with Crippen LogP contribution in [0.3, 0.4) is 0 Å². The molecule has 4 atom stereocenters. The van der Waals surface area contributed by atoms with Crippen LogP contribution in [0.4, 0.5) is 0 Å². The van der Waals surface area contributed by atoms with Gasteiger partial charge in [-0.2, -0.15) is 0 Å². The lowest BCUT2D eigenvalue weighted by Crippen LogP contribution is -2.29. The summed E-state index contributed by atoms with van der Waals surface area (Å²) < 4.78 is 60.9. The van der Waals surface area contributed by atoms with Crippen LogP contribution < -0.4 is 0 Å². The van der Waals surface area contributed by atoms with Crippen molar-refractivity contribution in [2.24, 2.45) is 0 Å². The van der Waals surface area contributed by atoms with Gasteiger partial charge in [0, 0.05) is 27.7 Å². The van der Waals surface area contributed by atoms with Crippen molar-refractivity contribution >= 4 is 39.5 Å². The van der Waals surface area contributed by atoms with E-state index in [9.17, 15) is 43.2 Å². The third-order valence-electron chi connectivity index (χ3n) is 3.32. The number of rotatable bonds is 18. The summed E-state index contributed by atoms with van der Waals surface area (Å²) >= 11 is 0. The highest BCUT2D eigenvalue weighted by Gasteiger charge is 2.29. The number of hydrogen-bond donors (Lipinski definition) is 3. The molecule has 0 radical (unpaired) electrons. The molecular formula is C17H30O17P2. The van der Waals surface area contributed by atoms with E-state index >= 15 is 0 Å². The molecule has 2 unspecified atom stereocenters. The van der Waals surface area contributed by atoms with Gasteiger partial charge in [0.05, 0.1) is 26.4 Å². The summed E-state index contributed by atoms with van der Waals surface area (Å²) in [7, 11) is -9.62. The van der Waals surface area contributed by atoms with Crippen molar-refractivity contribution in [3.05, 3.63) is 0 Å². The lowest BCUT2D eigenvalue weighted by atomic mass is 10.4. The molecule has 0 aromatic rings. The first-order valence-electron chi connectivity index (χ1n) is 10.0. The summed E-state index contributed by atoms with van der Waals surface area (Å²) in [6, 6.07) is 0. The predicted molar refractivity (Wildman–Crippen MR) is 114 cm³/mol. The Kier molecular flexibility index (Phi) is 15.8. The Morgan fingerprint density at radius 3 is 1.17 bits per heavy atom. The Hall–Kier alpha value is -1.94. The fourth-order valence-electron chi connectivity index (χ4n) is 1.96. The van der Waals surface area contributed by atoms with Gasteiger partial charge in [-0.15, -0.1) is 0 Å². The fourth-order valence-corrected chi connectivity index (χ4v) is 3.54. The second-order valence-electron chi connectivity index (χ2n) is 6.84. The molecule has 0 spiro atoms. The molecule has 0 aromatic carbocycles. The summed E-state index contributed by atoms with van der Waals surface area (Å²) in [5.74, 6) is -2.96. The minimum absolute atomic E-state index is 0.462.